The van der Waals surface area contributed by atoms with Gasteiger partial charge in [0.05, 0.1) is 43.1 Å². The van der Waals surface area contributed by atoms with Gasteiger partial charge in [-0.15, -0.1) is 0 Å². The molecule has 0 radical (unpaired) electrons. The Morgan fingerprint density at radius 2 is 0.786 bits per heavy atom. The Labute approximate surface area is 408 Å². The smallest absolute Gasteiger partial charge is 0.322 e. The highest BCUT2D eigenvalue weighted by molar-refractivity contribution is 6.00. The number of H-pyrrole nitrogens is 2. The van der Waals surface area contributed by atoms with Gasteiger partial charge in [0.2, 0.25) is 0 Å². The Bertz CT molecular complexity index is 3380. The first-order valence-electron chi connectivity index (χ1n) is 23.8. The molecule has 0 saturated carbocycles. The zero-order chi connectivity index (χ0) is 48.1. The van der Waals surface area contributed by atoms with E-state index in [1.165, 1.54) is 23.8 Å². The Morgan fingerprint density at radius 1 is 0.471 bits per heavy atom. The molecule has 5 heterocycles. The zero-order valence-corrected chi connectivity index (χ0v) is 39.9. The summed E-state index contributed by atoms with van der Waals surface area (Å²) in [6.07, 6.45) is 10.6. The summed E-state index contributed by atoms with van der Waals surface area (Å²) >= 11 is 0. The highest BCUT2D eigenvalue weighted by atomic mass is 16.5. The van der Waals surface area contributed by atoms with Gasteiger partial charge in [-0.25, -0.2) is 9.97 Å². The molecule has 1 atom stereocenters. The number of hydrogen-bond acceptors (Lipinski definition) is 7. The number of nitrogens with one attached hydrogen (secondary N) is 2. The Balaban J connectivity index is 1.02. The summed E-state index contributed by atoms with van der Waals surface area (Å²) in [5.41, 5.74) is 26.0. The zero-order valence-electron chi connectivity index (χ0n) is 39.9. The second-order valence-electron chi connectivity index (χ2n) is 18.0. The first-order valence-corrected chi connectivity index (χ1v) is 23.8. The number of nitrogens with two attached hydrogens (primary N) is 1. The third-order valence-corrected chi connectivity index (χ3v) is 12.9. The van der Waals surface area contributed by atoms with Crippen molar-refractivity contribution < 1.29 is 19.0 Å². The molecule has 3 aromatic heterocycles. The lowest BCUT2D eigenvalue weighted by Crippen LogP contribution is -2.33. The average Bonchev–Trinajstić information content (AvgIpc) is 4.24. The van der Waals surface area contributed by atoms with E-state index in [4.69, 9.17) is 29.9 Å². The molecule has 70 heavy (non-hydrogen) atoms. The largest absolute Gasteiger partial charge is 0.494 e. The molecule has 10 rings (SSSR count). The molecule has 0 unspecified atom stereocenters. The molecule has 0 amide bonds. The standard InChI is InChI=1S/C61H55N5O4/c1-38-7-15-42(16-8-38)57-49-27-29-51(63-49)58(43-17-9-39(2)10-18-43)53-31-33-55(65-53)60(56-34-32-54(66-56)59(52-30-28-50(57)64-52)44-19-11-40(3)12-20-44)45-21-25-47(26-22-45)70-36-6-5-35-69-46-23-13-41(14-24-46)37-48(62)61(67)68-4/h7-34,48,63,66H,5-6,35-37,62H2,1-4H3/t48-/m0/s1. The molecule has 0 saturated heterocycles. The highest BCUT2D eigenvalue weighted by Gasteiger charge is 2.20. The number of unbranched alkanes of at least 4 members (excludes halogenated alkanes) is 1. The van der Waals surface area contributed by atoms with Gasteiger partial charge in [0, 0.05) is 44.3 Å². The molecule has 4 N–H and O–H groups in total. The number of benzene rings is 5. The quantitative estimate of drug-likeness (QED) is 0.0732. The van der Waals surface area contributed by atoms with Crippen LogP contribution in [0.5, 0.6) is 11.5 Å². The maximum Gasteiger partial charge on any atom is 0.322 e. The average molecular weight is 922 g/mol. The normalized spacial score (nSPS) is 12.2. The fraction of sp³-hybridized carbons (Fsp3) is 0.164. The molecular formula is C61H55N5O4. The van der Waals surface area contributed by atoms with E-state index >= 15 is 0 Å². The van der Waals surface area contributed by atoms with E-state index in [2.05, 4.69) is 164 Å². The number of carbonyl (C=O) groups is 1. The summed E-state index contributed by atoms with van der Waals surface area (Å²) in [5, 5.41) is 0. The fourth-order valence-corrected chi connectivity index (χ4v) is 9.09. The van der Waals surface area contributed by atoms with Gasteiger partial charge in [-0.3, -0.25) is 4.79 Å². The van der Waals surface area contributed by atoms with Gasteiger partial charge in [-0.1, -0.05) is 114 Å². The van der Waals surface area contributed by atoms with Crippen molar-refractivity contribution in [3.63, 3.8) is 0 Å². The Hall–Kier alpha value is -8.27. The number of nitrogens with zero attached hydrogens (tertiary/aromatic N) is 2. The summed E-state index contributed by atoms with van der Waals surface area (Å²) in [6, 6.07) is 49.9. The van der Waals surface area contributed by atoms with Crippen molar-refractivity contribution >= 4 is 52.3 Å². The molecule has 9 heteroatoms. The van der Waals surface area contributed by atoms with Crippen LogP contribution in [0.2, 0.25) is 0 Å². The van der Waals surface area contributed by atoms with Crippen LogP contribution >= 0.6 is 0 Å². The summed E-state index contributed by atoms with van der Waals surface area (Å²) < 4.78 is 17.0. The van der Waals surface area contributed by atoms with E-state index in [1.54, 1.807) is 0 Å². The van der Waals surface area contributed by atoms with E-state index in [0.717, 1.165) is 119 Å². The van der Waals surface area contributed by atoms with Crippen LogP contribution in [-0.4, -0.2) is 52.3 Å². The lowest BCUT2D eigenvalue weighted by atomic mass is 10.0. The van der Waals surface area contributed by atoms with Crippen molar-refractivity contribution in [1.82, 2.24) is 19.9 Å². The van der Waals surface area contributed by atoms with Crippen molar-refractivity contribution in [3.8, 4) is 56.0 Å². The van der Waals surface area contributed by atoms with Gasteiger partial charge < -0.3 is 29.9 Å². The molecule has 8 bridgehead atoms. The van der Waals surface area contributed by atoms with Gasteiger partial charge in [-0.2, -0.15) is 0 Å². The van der Waals surface area contributed by atoms with Gasteiger partial charge in [0.1, 0.15) is 17.5 Å². The molecule has 5 aromatic carbocycles. The topological polar surface area (TPSA) is 128 Å². The molecule has 9 nitrogen and oxygen atoms in total. The maximum atomic E-state index is 11.7. The van der Waals surface area contributed by atoms with Gasteiger partial charge in [-0.05, 0) is 141 Å². The lowest BCUT2D eigenvalue weighted by molar-refractivity contribution is -0.142. The Kier molecular flexibility index (Phi) is 13.1. The number of aromatic nitrogens is 4. The van der Waals surface area contributed by atoms with E-state index in [9.17, 15) is 4.79 Å². The predicted molar refractivity (Wildman–Crippen MR) is 285 cm³/mol. The lowest BCUT2D eigenvalue weighted by Gasteiger charge is -2.11. The second-order valence-corrected chi connectivity index (χ2v) is 18.0. The monoisotopic (exact) mass is 921 g/mol. The van der Waals surface area contributed by atoms with Gasteiger partial charge >= 0.3 is 5.97 Å². The Morgan fingerprint density at radius 3 is 1.11 bits per heavy atom. The number of hydrogen-bond donors (Lipinski definition) is 3. The van der Waals surface area contributed by atoms with Crippen LogP contribution < -0.4 is 15.2 Å². The van der Waals surface area contributed by atoms with Crippen LogP contribution in [0.3, 0.4) is 0 Å². The molecule has 8 aromatic rings. The minimum absolute atomic E-state index is 0.407. The first-order chi connectivity index (χ1) is 34.2. The summed E-state index contributed by atoms with van der Waals surface area (Å²) in [5.74, 6) is 1.13. The van der Waals surface area contributed by atoms with Crippen LogP contribution in [0.25, 0.3) is 90.9 Å². The van der Waals surface area contributed by atoms with Crippen molar-refractivity contribution in [2.75, 3.05) is 20.3 Å². The maximum absolute atomic E-state index is 11.7. The van der Waals surface area contributed by atoms with Gasteiger partial charge in [0.25, 0.3) is 0 Å². The van der Waals surface area contributed by atoms with Crippen molar-refractivity contribution in [2.45, 2.75) is 46.1 Å². The number of rotatable bonds is 14. The molecule has 0 fully saturated rings. The molecule has 2 aliphatic heterocycles. The number of carbonyl (C=O) groups excluding carboxylic acids is 1. The van der Waals surface area contributed by atoms with Crippen LogP contribution in [0.1, 0.15) is 57.9 Å². The van der Waals surface area contributed by atoms with Crippen LogP contribution in [0.15, 0.2) is 146 Å². The second kappa shape index (κ2) is 20.1. The number of aryl methyl sites for hydroxylation is 3. The third kappa shape index (κ3) is 9.84. The van der Waals surface area contributed by atoms with Crippen LogP contribution in [0, 0.1) is 20.8 Å². The number of esters is 1. The summed E-state index contributed by atoms with van der Waals surface area (Å²) in [6.45, 7) is 7.45. The molecular weight excluding hydrogens is 867 g/mol. The van der Waals surface area contributed by atoms with E-state index < -0.39 is 12.0 Å². The molecule has 0 aliphatic carbocycles. The van der Waals surface area contributed by atoms with E-state index in [-0.39, 0.29) is 0 Å². The van der Waals surface area contributed by atoms with Crippen molar-refractivity contribution in [2.24, 2.45) is 5.73 Å². The van der Waals surface area contributed by atoms with E-state index in [1.807, 2.05) is 36.4 Å². The fourth-order valence-electron chi connectivity index (χ4n) is 9.09. The van der Waals surface area contributed by atoms with Crippen molar-refractivity contribution in [3.05, 3.63) is 191 Å². The SMILES string of the molecule is COC(=O)[C@@H](N)Cc1ccc(OCCCCOc2ccc(-c3c4nc(c(-c5ccc(C)cc5)c5ccc([nH]5)c(-c5ccc(C)cc5)c5nc(c(-c6ccc(C)cc6)c6ccc3[nH]6)C=C5)C=C4)cc2)cc1. The van der Waals surface area contributed by atoms with Crippen LogP contribution in [0.4, 0.5) is 0 Å². The third-order valence-electron chi connectivity index (χ3n) is 12.9. The van der Waals surface area contributed by atoms with E-state index in [0.29, 0.717) is 19.6 Å². The summed E-state index contributed by atoms with van der Waals surface area (Å²) in [7, 11) is 1.34. The van der Waals surface area contributed by atoms with Gasteiger partial charge in [0.15, 0.2) is 0 Å². The summed E-state index contributed by atoms with van der Waals surface area (Å²) in [4.78, 5) is 30.3. The number of aromatic amines is 2. The molecule has 0 spiro atoms. The predicted octanol–water partition coefficient (Wildman–Crippen LogP) is 13.5. The molecule has 348 valence electrons. The first kappa shape index (κ1) is 45.5. The number of fused-ring (bicyclic) bond motifs is 8. The minimum Gasteiger partial charge on any atom is -0.494 e. The number of methoxy groups -OCH3 is 1. The molecule has 2 aliphatic rings. The van der Waals surface area contributed by atoms with Crippen LogP contribution in [-0.2, 0) is 16.0 Å². The minimum atomic E-state index is -0.690. The highest BCUT2D eigenvalue weighted by Crippen LogP contribution is 2.39. The number of ether oxygens (including phenoxy) is 3. The van der Waals surface area contributed by atoms with Crippen molar-refractivity contribution in [1.29, 1.82) is 0 Å².